The molecule has 1 aromatic carbocycles. The Morgan fingerprint density at radius 2 is 2.26 bits per heavy atom. The van der Waals surface area contributed by atoms with Gasteiger partial charge in [-0.1, -0.05) is 24.3 Å². The number of aliphatic hydroxyl groups is 1. The molecular formula is C15H22N2O2. The average molecular weight is 262 g/mol. The summed E-state index contributed by atoms with van der Waals surface area (Å²) in [6, 6.07) is 7.94. The second kappa shape index (κ2) is 6.06. The van der Waals surface area contributed by atoms with Crippen molar-refractivity contribution in [2.45, 2.75) is 38.8 Å². The van der Waals surface area contributed by atoms with Crippen LogP contribution in [0.1, 0.15) is 36.9 Å². The van der Waals surface area contributed by atoms with Crippen LogP contribution in [0.5, 0.6) is 0 Å². The predicted molar refractivity (Wildman–Crippen MR) is 74.9 cm³/mol. The van der Waals surface area contributed by atoms with Crippen LogP contribution >= 0.6 is 0 Å². The van der Waals surface area contributed by atoms with Crippen LogP contribution in [-0.4, -0.2) is 35.2 Å². The predicted octanol–water partition coefficient (Wildman–Crippen LogP) is 2.22. The third-order valence-electron chi connectivity index (χ3n) is 3.84. The van der Waals surface area contributed by atoms with Gasteiger partial charge in [-0.05, 0) is 37.8 Å². The Kier molecular flexibility index (Phi) is 4.43. The summed E-state index contributed by atoms with van der Waals surface area (Å²) in [5.41, 5.74) is 2.31. The first-order chi connectivity index (χ1) is 9.13. The van der Waals surface area contributed by atoms with E-state index in [4.69, 9.17) is 0 Å². The van der Waals surface area contributed by atoms with Crippen molar-refractivity contribution in [2.24, 2.45) is 0 Å². The van der Waals surface area contributed by atoms with Gasteiger partial charge in [0.05, 0.1) is 18.7 Å². The molecular weight excluding hydrogens is 240 g/mol. The number of benzene rings is 1. The summed E-state index contributed by atoms with van der Waals surface area (Å²) >= 11 is 0. The van der Waals surface area contributed by atoms with E-state index in [0.29, 0.717) is 0 Å². The Bertz CT molecular complexity index is 448. The third-order valence-corrected chi connectivity index (χ3v) is 3.84. The third kappa shape index (κ3) is 3.07. The number of rotatable bonds is 3. The van der Waals surface area contributed by atoms with Gasteiger partial charge in [-0.2, -0.15) is 0 Å². The Morgan fingerprint density at radius 3 is 2.95 bits per heavy atom. The molecule has 2 atom stereocenters. The lowest BCUT2D eigenvalue weighted by Gasteiger charge is -2.26. The molecule has 1 aromatic rings. The first-order valence-corrected chi connectivity index (χ1v) is 6.87. The average Bonchev–Trinajstić information content (AvgIpc) is 2.87. The van der Waals surface area contributed by atoms with Crippen molar-refractivity contribution in [2.75, 3.05) is 13.2 Å². The monoisotopic (exact) mass is 262 g/mol. The highest BCUT2D eigenvalue weighted by atomic mass is 16.3. The van der Waals surface area contributed by atoms with Crippen LogP contribution in [0.2, 0.25) is 0 Å². The van der Waals surface area contributed by atoms with E-state index in [-0.39, 0.29) is 24.7 Å². The van der Waals surface area contributed by atoms with Gasteiger partial charge < -0.3 is 15.3 Å². The van der Waals surface area contributed by atoms with Gasteiger partial charge in [0, 0.05) is 6.54 Å². The van der Waals surface area contributed by atoms with Crippen LogP contribution in [0, 0.1) is 6.92 Å². The molecule has 104 valence electrons. The fraction of sp³-hybridized carbons (Fsp3) is 0.533. The van der Waals surface area contributed by atoms with Gasteiger partial charge in [0.15, 0.2) is 0 Å². The number of urea groups is 1. The molecule has 2 rings (SSSR count). The SMILES string of the molecule is Cc1ccccc1C(C)NC(=O)N1CCC[C@H]1CO. The molecule has 0 aromatic heterocycles. The zero-order chi connectivity index (χ0) is 13.8. The van der Waals surface area contributed by atoms with Gasteiger partial charge in [0.2, 0.25) is 0 Å². The molecule has 1 unspecified atom stereocenters. The van der Waals surface area contributed by atoms with Crippen molar-refractivity contribution in [3.8, 4) is 0 Å². The molecule has 0 bridgehead atoms. The summed E-state index contributed by atoms with van der Waals surface area (Å²) in [5.74, 6) is 0. The smallest absolute Gasteiger partial charge is 0.318 e. The Balaban J connectivity index is 2.01. The molecule has 0 spiro atoms. The molecule has 4 heteroatoms. The van der Waals surface area contributed by atoms with Gasteiger partial charge in [-0.25, -0.2) is 4.79 Å². The number of aryl methyl sites for hydroxylation is 1. The van der Waals surface area contributed by atoms with Crippen molar-refractivity contribution in [1.82, 2.24) is 10.2 Å². The van der Waals surface area contributed by atoms with E-state index < -0.39 is 0 Å². The van der Waals surface area contributed by atoms with E-state index in [9.17, 15) is 9.90 Å². The van der Waals surface area contributed by atoms with E-state index >= 15 is 0 Å². The number of nitrogens with zero attached hydrogens (tertiary/aromatic N) is 1. The lowest BCUT2D eigenvalue weighted by Crippen LogP contribution is -2.45. The van der Waals surface area contributed by atoms with Crippen molar-refractivity contribution in [3.63, 3.8) is 0 Å². The number of aliphatic hydroxyl groups excluding tert-OH is 1. The highest BCUT2D eigenvalue weighted by Gasteiger charge is 2.28. The second-order valence-electron chi connectivity index (χ2n) is 5.20. The summed E-state index contributed by atoms with van der Waals surface area (Å²) in [6.45, 7) is 4.82. The van der Waals surface area contributed by atoms with E-state index in [1.165, 1.54) is 5.56 Å². The minimum atomic E-state index is -0.0766. The summed E-state index contributed by atoms with van der Waals surface area (Å²) in [6.07, 6.45) is 1.86. The number of hydrogen-bond acceptors (Lipinski definition) is 2. The Morgan fingerprint density at radius 1 is 1.53 bits per heavy atom. The highest BCUT2D eigenvalue weighted by molar-refractivity contribution is 5.75. The van der Waals surface area contributed by atoms with Crippen LogP contribution in [0.4, 0.5) is 4.79 Å². The molecule has 2 N–H and O–H groups in total. The van der Waals surface area contributed by atoms with Gasteiger partial charge >= 0.3 is 6.03 Å². The fourth-order valence-electron chi connectivity index (χ4n) is 2.71. The van der Waals surface area contributed by atoms with Crippen molar-refractivity contribution in [3.05, 3.63) is 35.4 Å². The quantitative estimate of drug-likeness (QED) is 0.877. The highest BCUT2D eigenvalue weighted by Crippen LogP contribution is 2.20. The number of nitrogens with one attached hydrogen (secondary N) is 1. The van der Waals surface area contributed by atoms with Gasteiger partial charge in [-0.15, -0.1) is 0 Å². The van der Waals surface area contributed by atoms with Crippen LogP contribution in [0.15, 0.2) is 24.3 Å². The number of hydrogen-bond donors (Lipinski definition) is 2. The van der Waals surface area contributed by atoms with E-state index in [1.54, 1.807) is 4.90 Å². The molecule has 19 heavy (non-hydrogen) atoms. The number of amides is 2. The lowest BCUT2D eigenvalue weighted by atomic mass is 10.0. The van der Waals surface area contributed by atoms with E-state index in [0.717, 1.165) is 24.9 Å². The molecule has 0 aliphatic carbocycles. The number of carbonyl (C=O) groups is 1. The molecule has 0 radical (unpaired) electrons. The standard InChI is InChI=1S/C15H22N2O2/c1-11-6-3-4-8-14(11)12(2)16-15(19)17-9-5-7-13(17)10-18/h3-4,6,8,12-13,18H,5,7,9-10H2,1-2H3,(H,16,19)/t12?,13-/m0/s1. The summed E-state index contributed by atoms with van der Waals surface area (Å²) in [7, 11) is 0. The normalized spacial score (nSPS) is 20.4. The topological polar surface area (TPSA) is 52.6 Å². The summed E-state index contributed by atoms with van der Waals surface area (Å²) in [5, 5.41) is 12.3. The Hall–Kier alpha value is -1.55. The van der Waals surface area contributed by atoms with E-state index in [1.807, 2.05) is 38.1 Å². The molecule has 1 saturated heterocycles. The first-order valence-electron chi connectivity index (χ1n) is 6.87. The molecule has 1 fully saturated rings. The van der Waals surface area contributed by atoms with Crippen molar-refractivity contribution < 1.29 is 9.90 Å². The minimum Gasteiger partial charge on any atom is -0.394 e. The largest absolute Gasteiger partial charge is 0.394 e. The fourth-order valence-corrected chi connectivity index (χ4v) is 2.71. The molecule has 1 heterocycles. The summed E-state index contributed by atoms with van der Waals surface area (Å²) < 4.78 is 0. The maximum Gasteiger partial charge on any atom is 0.318 e. The minimum absolute atomic E-state index is 0.0198. The van der Waals surface area contributed by atoms with E-state index in [2.05, 4.69) is 5.32 Å². The molecule has 0 saturated carbocycles. The molecule has 4 nitrogen and oxygen atoms in total. The lowest BCUT2D eigenvalue weighted by molar-refractivity contribution is 0.155. The van der Waals surface area contributed by atoms with Crippen LogP contribution in [0.3, 0.4) is 0 Å². The molecule has 1 aliphatic heterocycles. The molecule has 1 aliphatic rings. The maximum atomic E-state index is 12.2. The Labute approximate surface area is 114 Å². The first kappa shape index (κ1) is 13.9. The van der Waals surface area contributed by atoms with Crippen LogP contribution < -0.4 is 5.32 Å². The summed E-state index contributed by atoms with van der Waals surface area (Å²) in [4.78, 5) is 14.0. The van der Waals surface area contributed by atoms with Gasteiger partial charge in [0.25, 0.3) is 0 Å². The van der Waals surface area contributed by atoms with Crippen LogP contribution in [0.25, 0.3) is 0 Å². The van der Waals surface area contributed by atoms with Gasteiger partial charge in [0.1, 0.15) is 0 Å². The van der Waals surface area contributed by atoms with Crippen molar-refractivity contribution in [1.29, 1.82) is 0 Å². The zero-order valence-corrected chi connectivity index (χ0v) is 11.6. The van der Waals surface area contributed by atoms with Crippen LogP contribution in [-0.2, 0) is 0 Å². The number of carbonyl (C=O) groups excluding carboxylic acids is 1. The second-order valence-corrected chi connectivity index (χ2v) is 5.20. The van der Waals surface area contributed by atoms with Gasteiger partial charge in [-0.3, -0.25) is 0 Å². The maximum absolute atomic E-state index is 12.2. The number of likely N-dealkylation sites (tertiary alicyclic amines) is 1. The molecule has 2 amide bonds. The van der Waals surface area contributed by atoms with Crippen molar-refractivity contribution >= 4 is 6.03 Å². The zero-order valence-electron chi connectivity index (χ0n) is 11.6.